The number of hydrogen-bond acceptors (Lipinski definition) is 8. The number of nitrogen functional groups attached to an aromatic ring is 1. The van der Waals surface area contributed by atoms with Crippen molar-refractivity contribution in [2.45, 2.75) is 32.0 Å². The predicted octanol–water partition coefficient (Wildman–Crippen LogP) is 5.38. The number of benzene rings is 2. The van der Waals surface area contributed by atoms with Crippen LogP contribution >= 0.6 is 0 Å². The molecular weight excluding hydrogens is 558 g/mol. The van der Waals surface area contributed by atoms with Gasteiger partial charge in [0.2, 0.25) is 6.79 Å². The minimum absolute atomic E-state index is 0.00261. The van der Waals surface area contributed by atoms with Crippen LogP contribution in [-0.4, -0.2) is 50.4 Å². The number of carbonyl (C=O) groups is 1. The van der Waals surface area contributed by atoms with Gasteiger partial charge in [0.15, 0.2) is 17.1 Å². The van der Waals surface area contributed by atoms with Crippen LogP contribution in [-0.2, 0) is 6.18 Å². The molecule has 1 fully saturated rings. The Hall–Kier alpha value is -4.88. The van der Waals surface area contributed by atoms with Gasteiger partial charge in [0, 0.05) is 18.7 Å². The zero-order valence-electron chi connectivity index (χ0n) is 22.3. The van der Waals surface area contributed by atoms with E-state index in [1.807, 2.05) is 23.9 Å². The second kappa shape index (κ2) is 10.5. The zero-order chi connectivity index (χ0) is 29.6. The first-order chi connectivity index (χ1) is 20.2. The van der Waals surface area contributed by atoms with Crippen molar-refractivity contribution in [1.82, 2.24) is 24.6 Å². The molecule has 2 aliphatic heterocycles. The van der Waals surface area contributed by atoms with Gasteiger partial charge in [0.1, 0.15) is 23.7 Å². The third-order valence-corrected chi connectivity index (χ3v) is 7.21. The van der Waals surface area contributed by atoms with Crippen molar-refractivity contribution in [3.05, 3.63) is 65.9 Å². The van der Waals surface area contributed by atoms with Crippen LogP contribution in [0.2, 0.25) is 0 Å². The normalized spacial score (nSPS) is 16.9. The molecule has 0 unspecified atom stereocenters. The first kappa shape index (κ1) is 27.3. The maximum atomic E-state index is 13.6. The van der Waals surface area contributed by atoms with Gasteiger partial charge in [-0.05, 0) is 56.3 Å². The Morgan fingerprint density at radius 3 is 2.76 bits per heavy atom. The number of anilines is 2. The van der Waals surface area contributed by atoms with E-state index >= 15 is 0 Å². The summed E-state index contributed by atoms with van der Waals surface area (Å²) in [4.78, 5) is 23.8. The second-order valence-corrected chi connectivity index (χ2v) is 9.89. The van der Waals surface area contributed by atoms with Crippen LogP contribution in [0.15, 0.2) is 48.9 Å². The molecule has 0 aliphatic carbocycles. The van der Waals surface area contributed by atoms with E-state index < -0.39 is 29.0 Å². The Bertz CT molecular complexity index is 1720. The number of carbonyl (C=O) groups excluding carboxylic acids is 1. The van der Waals surface area contributed by atoms with Gasteiger partial charge in [-0.2, -0.15) is 18.3 Å². The number of ether oxygens (including phenoxy) is 2. The molecule has 3 N–H and O–H groups in total. The van der Waals surface area contributed by atoms with Crippen molar-refractivity contribution in [2.24, 2.45) is 0 Å². The number of halogens is 4. The molecule has 14 heteroatoms. The molecule has 10 nitrogen and oxygen atoms in total. The number of rotatable bonds is 5. The molecule has 1 atom stereocenters. The van der Waals surface area contributed by atoms with E-state index in [0.717, 1.165) is 38.1 Å². The fourth-order valence-corrected chi connectivity index (χ4v) is 5.39. The summed E-state index contributed by atoms with van der Waals surface area (Å²) in [6, 6.07) is 4.92. The van der Waals surface area contributed by atoms with Crippen molar-refractivity contribution in [3.63, 3.8) is 0 Å². The van der Waals surface area contributed by atoms with Gasteiger partial charge in [-0.3, -0.25) is 4.79 Å². The smallest absolute Gasteiger partial charge is 0.417 e. The average Bonchev–Trinajstić information content (AvgIpc) is 3.60. The average molecular weight is 584 g/mol. The lowest BCUT2D eigenvalue weighted by Crippen LogP contribution is -2.33. The number of nitrogens with zero attached hydrogens (tertiary/aromatic N) is 5. The van der Waals surface area contributed by atoms with E-state index in [0.29, 0.717) is 22.3 Å². The van der Waals surface area contributed by atoms with E-state index in [1.165, 1.54) is 12.4 Å². The van der Waals surface area contributed by atoms with Crippen LogP contribution in [0.25, 0.3) is 22.3 Å². The summed E-state index contributed by atoms with van der Waals surface area (Å²) in [5.41, 5.74) is 5.69. The quantitative estimate of drug-likeness (QED) is 0.301. The maximum absolute atomic E-state index is 13.6. The highest BCUT2D eigenvalue weighted by Gasteiger charge is 2.36. The van der Waals surface area contributed by atoms with Crippen molar-refractivity contribution in [3.8, 4) is 22.8 Å². The van der Waals surface area contributed by atoms with Gasteiger partial charge in [-0.1, -0.05) is 6.08 Å². The molecule has 42 heavy (non-hydrogen) atoms. The molecule has 0 spiro atoms. The fourth-order valence-electron chi connectivity index (χ4n) is 5.39. The van der Waals surface area contributed by atoms with Crippen molar-refractivity contribution < 1.29 is 31.8 Å². The summed E-state index contributed by atoms with van der Waals surface area (Å²) >= 11 is 0. The largest absolute Gasteiger partial charge is 0.453 e. The second-order valence-electron chi connectivity index (χ2n) is 9.89. The van der Waals surface area contributed by atoms with E-state index in [9.17, 15) is 22.4 Å². The van der Waals surface area contributed by atoms with E-state index in [4.69, 9.17) is 20.3 Å². The molecule has 1 amide bonds. The number of piperidine rings is 1. The van der Waals surface area contributed by atoms with Gasteiger partial charge in [-0.25, -0.2) is 19.0 Å². The summed E-state index contributed by atoms with van der Waals surface area (Å²) < 4.78 is 67.3. The Morgan fingerprint density at radius 2 is 1.98 bits per heavy atom. The number of likely N-dealkylation sites (tertiary alicyclic amines) is 1. The number of fused-ring (bicyclic) bond motifs is 2. The minimum Gasteiger partial charge on any atom is -0.453 e. The van der Waals surface area contributed by atoms with Crippen LogP contribution in [0.3, 0.4) is 0 Å². The maximum Gasteiger partial charge on any atom is 0.417 e. The predicted molar refractivity (Wildman–Crippen MR) is 145 cm³/mol. The lowest BCUT2D eigenvalue weighted by Gasteiger charge is -2.32. The number of nitrogens with one attached hydrogen (secondary N) is 1. The number of aromatic nitrogens is 4. The Labute approximate surface area is 236 Å². The number of alkyl halides is 3. The molecule has 2 aromatic carbocycles. The molecule has 2 aliphatic rings. The van der Waals surface area contributed by atoms with E-state index in [2.05, 4.69) is 20.2 Å². The van der Waals surface area contributed by atoms with Crippen LogP contribution in [0.5, 0.6) is 11.5 Å². The van der Waals surface area contributed by atoms with Crippen LogP contribution in [0, 0.1) is 5.82 Å². The number of hydrogen-bond donors (Lipinski definition) is 2. The third kappa shape index (κ3) is 4.82. The molecule has 0 bridgehead atoms. The number of allylic oxidation sites excluding steroid dienone is 1. The highest BCUT2D eigenvalue weighted by Crippen LogP contribution is 2.48. The topological polar surface area (TPSA) is 120 Å². The first-order valence-electron chi connectivity index (χ1n) is 13.1. The van der Waals surface area contributed by atoms with Crippen LogP contribution in [0.4, 0.5) is 29.1 Å². The van der Waals surface area contributed by atoms with Crippen molar-refractivity contribution >= 4 is 28.4 Å². The van der Waals surface area contributed by atoms with Gasteiger partial charge in [-0.15, -0.1) is 0 Å². The van der Waals surface area contributed by atoms with Crippen molar-refractivity contribution in [2.75, 3.05) is 30.9 Å². The summed E-state index contributed by atoms with van der Waals surface area (Å²) in [5.74, 6) is -1.67. The van der Waals surface area contributed by atoms with Gasteiger partial charge in [0.25, 0.3) is 5.91 Å². The molecule has 1 saturated heterocycles. The minimum atomic E-state index is -4.94. The molecule has 4 aromatic rings. The van der Waals surface area contributed by atoms with Crippen molar-refractivity contribution in [1.29, 1.82) is 0 Å². The summed E-state index contributed by atoms with van der Waals surface area (Å²) in [6.07, 6.45) is 2.29. The zero-order valence-corrected chi connectivity index (χ0v) is 22.3. The first-order valence-corrected chi connectivity index (χ1v) is 13.1. The SMILES string of the molecule is CC=CN1CCC[C@@H](n2nc(-c3ccc(NC(=O)c4ccc(F)cc4C(F)(F)F)c4c3OCO4)c3c(N)ncnc32)C1. The molecule has 2 aromatic heterocycles. The third-order valence-electron chi connectivity index (χ3n) is 7.21. The molecule has 0 radical (unpaired) electrons. The summed E-state index contributed by atoms with van der Waals surface area (Å²) in [5, 5.41) is 7.85. The molecular formula is C28H25F4N7O3. The van der Waals surface area contributed by atoms with E-state index in [1.54, 1.807) is 6.07 Å². The molecule has 0 saturated carbocycles. The molecule has 218 valence electrons. The summed E-state index contributed by atoms with van der Waals surface area (Å²) in [7, 11) is 0. The van der Waals surface area contributed by atoms with E-state index in [-0.39, 0.29) is 41.9 Å². The number of nitrogens with two attached hydrogens (primary N) is 1. The number of amides is 1. The van der Waals surface area contributed by atoms with Gasteiger partial charge in [0.05, 0.1) is 28.2 Å². The molecule has 6 rings (SSSR count). The monoisotopic (exact) mass is 583 g/mol. The lowest BCUT2D eigenvalue weighted by molar-refractivity contribution is -0.138. The van der Waals surface area contributed by atoms with Gasteiger partial charge >= 0.3 is 6.18 Å². The van der Waals surface area contributed by atoms with Gasteiger partial charge < -0.3 is 25.4 Å². The lowest BCUT2D eigenvalue weighted by atomic mass is 10.0. The molecule has 4 heterocycles. The van der Waals surface area contributed by atoms with Crippen LogP contribution < -0.4 is 20.5 Å². The Morgan fingerprint density at radius 1 is 1.17 bits per heavy atom. The standard InChI is InChI=1S/C28H25F4N7O3/c1-2-9-38-10-3-4-16(12-38)39-26-21(25(33)34-13-35-26)22(37-39)18-7-8-20(24-23(18)41-14-42-24)36-27(40)17-6-5-15(29)11-19(17)28(30,31)32/h2,5-9,11,13,16H,3-4,10,12,14H2,1H3,(H,36,40)(H2,33,34,35)/t16-/m1/s1. The highest BCUT2D eigenvalue weighted by atomic mass is 19.4. The van der Waals surface area contributed by atoms with Crippen LogP contribution in [0.1, 0.15) is 41.7 Å². The Kier molecular flexibility index (Phi) is 6.83. The fraction of sp³-hybridized carbons (Fsp3) is 0.286. The Balaban J connectivity index is 1.40. The summed E-state index contributed by atoms with van der Waals surface area (Å²) in [6.45, 7) is 3.41. The highest BCUT2D eigenvalue weighted by molar-refractivity contribution is 6.07.